The van der Waals surface area contributed by atoms with Gasteiger partial charge in [-0.1, -0.05) is 32.8 Å². The molecule has 5 nitrogen and oxygen atoms in total. The van der Waals surface area contributed by atoms with E-state index in [1.807, 2.05) is 6.92 Å². The van der Waals surface area contributed by atoms with Crippen LogP contribution in [-0.4, -0.2) is 22.9 Å². The average molecular weight is 258 g/mol. The van der Waals surface area contributed by atoms with Crippen molar-refractivity contribution in [1.29, 1.82) is 0 Å². The molecule has 0 saturated carbocycles. The lowest BCUT2D eigenvalue weighted by Gasteiger charge is -2.10. The van der Waals surface area contributed by atoms with Crippen LogP contribution < -0.4 is 0 Å². The van der Waals surface area contributed by atoms with Crippen LogP contribution in [0.15, 0.2) is 12.8 Å². The summed E-state index contributed by atoms with van der Waals surface area (Å²) >= 11 is 0. The predicted molar refractivity (Wildman–Crippen MR) is 67.1 cm³/mol. The van der Waals surface area contributed by atoms with Gasteiger partial charge in [-0.25, -0.2) is 4.98 Å². The molecule has 0 aromatic carbocycles. The van der Waals surface area contributed by atoms with Gasteiger partial charge in [0.2, 0.25) is 0 Å². The summed E-state index contributed by atoms with van der Waals surface area (Å²) < 4.78 is 31.8. The van der Waals surface area contributed by atoms with E-state index in [1.165, 1.54) is 6.20 Å². The van der Waals surface area contributed by atoms with E-state index in [2.05, 4.69) is 16.5 Å². The number of H-pyrrole nitrogens is 1. The van der Waals surface area contributed by atoms with Crippen molar-refractivity contribution in [1.82, 2.24) is 9.97 Å². The van der Waals surface area contributed by atoms with Crippen molar-refractivity contribution >= 4 is 16.2 Å². The average Bonchev–Trinajstić information content (AvgIpc) is 2.70. The quantitative estimate of drug-likeness (QED) is 0.581. The lowest BCUT2D eigenvalue weighted by Crippen LogP contribution is -2.13. The first-order valence-electron chi connectivity index (χ1n) is 5.62. The van der Waals surface area contributed by atoms with Crippen LogP contribution >= 0.6 is 0 Å². The number of imidazole rings is 1. The van der Waals surface area contributed by atoms with Gasteiger partial charge in [-0.2, -0.15) is 8.42 Å². The molecule has 1 aromatic heterocycles. The van der Waals surface area contributed by atoms with Crippen molar-refractivity contribution in [3.63, 3.8) is 0 Å². The largest absolute Gasteiger partial charge is 0.341 e. The number of rotatable bonds is 7. The molecule has 0 bridgehead atoms. The van der Waals surface area contributed by atoms with Crippen LogP contribution in [-0.2, 0) is 10.1 Å². The SMILES string of the molecule is C=Cc1cnc(C(CCCCC)S(=O)(=O)O)[nH]1. The van der Waals surface area contributed by atoms with Gasteiger partial charge < -0.3 is 4.98 Å². The maximum Gasteiger partial charge on any atom is 0.275 e. The smallest absolute Gasteiger partial charge is 0.275 e. The molecule has 1 aromatic rings. The molecule has 0 spiro atoms. The minimum Gasteiger partial charge on any atom is -0.341 e. The van der Waals surface area contributed by atoms with Gasteiger partial charge in [-0.15, -0.1) is 0 Å². The molecule has 1 unspecified atom stereocenters. The van der Waals surface area contributed by atoms with Crippen LogP contribution in [0.4, 0.5) is 0 Å². The zero-order chi connectivity index (χ0) is 12.9. The van der Waals surface area contributed by atoms with Crippen molar-refractivity contribution in [3.8, 4) is 0 Å². The summed E-state index contributed by atoms with van der Waals surface area (Å²) in [4.78, 5) is 6.79. The summed E-state index contributed by atoms with van der Waals surface area (Å²) in [6.07, 6.45) is 6.08. The van der Waals surface area contributed by atoms with Crippen LogP contribution in [0.25, 0.3) is 6.08 Å². The minimum atomic E-state index is -4.12. The van der Waals surface area contributed by atoms with Crippen LogP contribution in [0, 0.1) is 0 Å². The molecule has 17 heavy (non-hydrogen) atoms. The molecule has 0 radical (unpaired) electrons. The first kappa shape index (κ1) is 13.9. The molecule has 96 valence electrons. The van der Waals surface area contributed by atoms with Crippen LogP contribution in [0.5, 0.6) is 0 Å². The lowest BCUT2D eigenvalue weighted by atomic mass is 10.1. The highest BCUT2D eigenvalue weighted by Gasteiger charge is 2.27. The third-order valence-electron chi connectivity index (χ3n) is 2.57. The fourth-order valence-corrected chi connectivity index (χ4v) is 2.49. The lowest BCUT2D eigenvalue weighted by molar-refractivity contribution is 0.457. The fourth-order valence-electron chi connectivity index (χ4n) is 1.63. The molecule has 0 fully saturated rings. The van der Waals surface area contributed by atoms with E-state index < -0.39 is 15.4 Å². The van der Waals surface area contributed by atoms with Gasteiger partial charge in [0.25, 0.3) is 10.1 Å². The van der Waals surface area contributed by atoms with E-state index in [-0.39, 0.29) is 5.82 Å². The van der Waals surface area contributed by atoms with Gasteiger partial charge in [-0.3, -0.25) is 4.55 Å². The van der Waals surface area contributed by atoms with Crippen LogP contribution in [0.3, 0.4) is 0 Å². The number of nitrogens with one attached hydrogen (secondary N) is 1. The first-order chi connectivity index (χ1) is 7.99. The van der Waals surface area contributed by atoms with Crippen LogP contribution in [0.1, 0.15) is 49.4 Å². The molecule has 0 aliphatic rings. The molecular weight excluding hydrogens is 240 g/mol. The fraction of sp³-hybridized carbons (Fsp3) is 0.545. The van der Waals surface area contributed by atoms with Crippen molar-refractivity contribution < 1.29 is 13.0 Å². The number of hydrogen-bond acceptors (Lipinski definition) is 3. The van der Waals surface area contributed by atoms with E-state index in [0.717, 1.165) is 19.3 Å². The Kier molecular flexibility index (Phi) is 4.89. The van der Waals surface area contributed by atoms with E-state index in [9.17, 15) is 13.0 Å². The Morgan fingerprint density at radius 2 is 2.29 bits per heavy atom. The Morgan fingerprint density at radius 1 is 1.59 bits per heavy atom. The summed E-state index contributed by atoms with van der Waals surface area (Å²) in [6, 6.07) is 0. The highest BCUT2D eigenvalue weighted by atomic mass is 32.2. The molecular formula is C11H18N2O3S. The Hall–Kier alpha value is -1.14. The minimum absolute atomic E-state index is 0.276. The number of hydrogen-bond donors (Lipinski definition) is 2. The molecule has 0 amide bonds. The third kappa shape index (κ3) is 3.98. The van der Waals surface area contributed by atoms with Gasteiger partial charge in [0, 0.05) is 0 Å². The molecule has 1 atom stereocenters. The Labute approximate surface area is 102 Å². The van der Waals surface area contributed by atoms with Gasteiger partial charge in [0.05, 0.1) is 11.9 Å². The Morgan fingerprint density at radius 3 is 2.76 bits per heavy atom. The first-order valence-corrected chi connectivity index (χ1v) is 7.13. The summed E-state index contributed by atoms with van der Waals surface area (Å²) in [6.45, 7) is 5.59. The molecule has 6 heteroatoms. The van der Waals surface area contributed by atoms with E-state index in [1.54, 1.807) is 6.08 Å². The van der Waals surface area contributed by atoms with Gasteiger partial charge in [0.15, 0.2) is 0 Å². The van der Waals surface area contributed by atoms with Gasteiger partial charge >= 0.3 is 0 Å². The van der Waals surface area contributed by atoms with Crippen molar-refractivity contribution in [2.24, 2.45) is 0 Å². The monoisotopic (exact) mass is 258 g/mol. The molecule has 0 aliphatic carbocycles. The second-order valence-electron chi connectivity index (χ2n) is 3.93. The standard InChI is InChI=1S/C11H18N2O3S/c1-3-5-6-7-10(17(14,15)16)11-12-8-9(4-2)13-11/h4,8,10H,2-3,5-7H2,1H3,(H,12,13)(H,14,15,16). The van der Waals surface area contributed by atoms with E-state index >= 15 is 0 Å². The van der Waals surface area contributed by atoms with Crippen molar-refractivity contribution in [2.75, 3.05) is 0 Å². The van der Waals surface area contributed by atoms with Crippen molar-refractivity contribution in [3.05, 3.63) is 24.3 Å². The molecule has 1 heterocycles. The highest BCUT2D eigenvalue weighted by Crippen LogP contribution is 2.25. The predicted octanol–water partition coefficient (Wildman–Crippen LogP) is 2.56. The number of unbranched alkanes of at least 4 members (excludes halogenated alkanes) is 2. The third-order valence-corrected chi connectivity index (χ3v) is 3.75. The topological polar surface area (TPSA) is 83.1 Å². The Balaban J connectivity index is 2.86. The van der Waals surface area contributed by atoms with E-state index in [4.69, 9.17) is 0 Å². The Bertz CT molecular complexity index is 465. The second-order valence-corrected chi connectivity index (χ2v) is 5.53. The summed E-state index contributed by atoms with van der Waals surface area (Å²) in [5, 5.41) is -0.970. The zero-order valence-electron chi connectivity index (χ0n) is 9.89. The maximum atomic E-state index is 11.3. The number of aromatic nitrogens is 2. The van der Waals surface area contributed by atoms with E-state index in [0.29, 0.717) is 12.1 Å². The molecule has 2 N–H and O–H groups in total. The molecule has 0 saturated heterocycles. The zero-order valence-corrected chi connectivity index (χ0v) is 10.7. The summed E-state index contributed by atoms with van der Waals surface area (Å²) in [5.41, 5.74) is 0.643. The molecule has 1 rings (SSSR count). The molecule has 0 aliphatic heterocycles. The summed E-state index contributed by atoms with van der Waals surface area (Å²) in [5.74, 6) is 0.276. The highest BCUT2D eigenvalue weighted by molar-refractivity contribution is 7.86. The second kappa shape index (κ2) is 5.97. The van der Waals surface area contributed by atoms with Gasteiger partial charge in [-0.05, 0) is 12.5 Å². The number of aromatic amines is 1. The van der Waals surface area contributed by atoms with Gasteiger partial charge in [0.1, 0.15) is 11.1 Å². The number of nitrogens with zero attached hydrogens (tertiary/aromatic N) is 1. The van der Waals surface area contributed by atoms with Crippen LogP contribution in [0.2, 0.25) is 0 Å². The van der Waals surface area contributed by atoms with Crippen molar-refractivity contribution in [2.45, 2.75) is 37.9 Å². The maximum absolute atomic E-state index is 11.3. The normalized spacial score (nSPS) is 13.5. The summed E-state index contributed by atoms with van der Waals surface area (Å²) in [7, 11) is -4.12.